The maximum atomic E-state index is 12.1. The molecule has 96 valence electrons. The SMILES string of the molecule is Cc1cc(N)c(S(=O)(=O)N(C)CCO)cc1C. The summed E-state index contributed by atoms with van der Waals surface area (Å²) in [4.78, 5) is 0.0940. The molecule has 0 aliphatic heterocycles. The molecule has 0 saturated carbocycles. The lowest BCUT2D eigenvalue weighted by Gasteiger charge is -2.18. The summed E-state index contributed by atoms with van der Waals surface area (Å²) in [5.74, 6) is 0. The molecule has 0 atom stereocenters. The molecule has 0 radical (unpaired) electrons. The molecule has 0 aliphatic carbocycles. The lowest BCUT2D eigenvalue weighted by Crippen LogP contribution is -2.30. The fraction of sp³-hybridized carbons (Fsp3) is 0.455. The Morgan fingerprint density at radius 2 is 1.82 bits per heavy atom. The van der Waals surface area contributed by atoms with Gasteiger partial charge in [-0.05, 0) is 37.1 Å². The summed E-state index contributed by atoms with van der Waals surface area (Å²) >= 11 is 0. The van der Waals surface area contributed by atoms with Gasteiger partial charge in [0.25, 0.3) is 0 Å². The van der Waals surface area contributed by atoms with Gasteiger partial charge < -0.3 is 10.8 Å². The molecule has 0 bridgehead atoms. The monoisotopic (exact) mass is 258 g/mol. The Morgan fingerprint density at radius 3 is 2.35 bits per heavy atom. The third-order valence-corrected chi connectivity index (χ3v) is 4.64. The smallest absolute Gasteiger partial charge is 0.244 e. The zero-order valence-electron chi connectivity index (χ0n) is 10.3. The number of benzene rings is 1. The summed E-state index contributed by atoms with van der Waals surface area (Å²) in [5, 5.41) is 8.78. The van der Waals surface area contributed by atoms with Gasteiger partial charge in [-0.15, -0.1) is 0 Å². The lowest BCUT2D eigenvalue weighted by atomic mass is 10.1. The number of likely N-dealkylation sites (N-methyl/N-ethyl adjacent to an activating group) is 1. The molecular weight excluding hydrogens is 240 g/mol. The van der Waals surface area contributed by atoms with Crippen LogP contribution in [-0.2, 0) is 10.0 Å². The van der Waals surface area contributed by atoms with E-state index in [1.807, 2.05) is 13.8 Å². The van der Waals surface area contributed by atoms with Crippen molar-refractivity contribution in [3.05, 3.63) is 23.3 Å². The van der Waals surface area contributed by atoms with Crippen LogP contribution in [0.1, 0.15) is 11.1 Å². The first-order valence-electron chi connectivity index (χ1n) is 5.24. The minimum atomic E-state index is -3.62. The average Bonchev–Trinajstić information content (AvgIpc) is 2.23. The van der Waals surface area contributed by atoms with E-state index in [1.54, 1.807) is 12.1 Å². The third-order valence-electron chi connectivity index (χ3n) is 2.73. The summed E-state index contributed by atoms with van der Waals surface area (Å²) in [5.41, 5.74) is 7.80. The van der Waals surface area contributed by atoms with Gasteiger partial charge in [0.2, 0.25) is 10.0 Å². The van der Waals surface area contributed by atoms with Crippen molar-refractivity contribution in [2.75, 3.05) is 25.9 Å². The van der Waals surface area contributed by atoms with Gasteiger partial charge >= 0.3 is 0 Å². The zero-order chi connectivity index (χ0) is 13.2. The Kier molecular flexibility index (Phi) is 4.13. The lowest BCUT2D eigenvalue weighted by molar-refractivity contribution is 0.266. The predicted molar refractivity (Wildman–Crippen MR) is 67.2 cm³/mol. The molecule has 3 N–H and O–H groups in total. The van der Waals surface area contributed by atoms with E-state index in [0.717, 1.165) is 15.4 Å². The number of aliphatic hydroxyl groups excluding tert-OH is 1. The van der Waals surface area contributed by atoms with Crippen LogP contribution in [-0.4, -0.2) is 38.0 Å². The summed E-state index contributed by atoms with van der Waals surface area (Å²) in [6.45, 7) is 3.54. The number of aryl methyl sites for hydroxylation is 2. The van der Waals surface area contributed by atoms with Crippen molar-refractivity contribution >= 4 is 15.7 Å². The van der Waals surface area contributed by atoms with Gasteiger partial charge in [-0.3, -0.25) is 0 Å². The molecule has 0 fully saturated rings. The fourth-order valence-corrected chi connectivity index (χ4v) is 2.80. The number of anilines is 1. The summed E-state index contributed by atoms with van der Waals surface area (Å²) in [6, 6.07) is 3.21. The van der Waals surface area contributed by atoms with E-state index < -0.39 is 10.0 Å². The first-order chi connectivity index (χ1) is 7.80. The van der Waals surface area contributed by atoms with Crippen molar-refractivity contribution in [2.24, 2.45) is 0 Å². The van der Waals surface area contributed by atoms with Crippen LogP contribution in [0.2, 0.25) is 0 Å². The van der Waals surface area contributed by atoms with Crippen LogP contribution in [0, 0.1) is 13.8 Å². The molecule has 0 amide bonds. The third kappa shape index (κ3) is 2.77. The van der Waals surface area contributed by atoms with Crippen LogP contribution in [0.4, 0.5) is 5.69 Å². The molecule has 0 aromatic heterocycles. The molecule has 1 aromatic rings. The van der Waals surface area contributed by atoms with Crippen molar-refractivity contribution in [1.82, 2.24) is 4.31 Å². The topological polar surface area (TPSA) is 83.6 Å². The van der Waals surface area contributed by atoms with Gasteiger partial charge in [0, 0.05) is 13.6 Å². The van der Waals surface area contributed by atoms with Crippen LogP contribution < -0.4 is 5.73 Å². The van der Waals surface area contributed by atoms with E-state index in [-0.39, 0.29) is 23.7 Å². The van der Waals surface area contributed by atoms with Gasteiger partial charge in [-0.25, -0.2) is 8.42 Å². The molecule has 6 heteroatoms. The first-order valence-corrected chi connectivity index (χ1v) is 6.68. The highest BCUT2D eigenvalue weighted by atomic mass is 32.2. The van der Waals surface area contributed by atoms with Gasteiger partial charge in [-0.1, -0.05) is 0 Å². The second-order valence-electron chi connectivity index (χ2n) is 4.02. The van der Waals surface area contributed by atoms with E-state index in [9.17, 15) is 8.42 Å². The number of nitrogens with two attached hydrogens (primary N) is 1. The quantitative estimate of drug-likeness (QED) is 0.770. The number of nitrogen functional groups attached to an aromatic ring is 1. The highest BCUT2D eigenvalue weighted by Crippen LogP contribution is 2.24. The second-order valence-corrected chi connectivity index (χ2v) is 6.04. The minimum absolute atomic E-state index is 0.0503. The van der Waals surface area contributed by atoms with Crippen LogP contribution in [0.5, 0.6) is 0 Å². The van der Waals surface area contributed by atoms with Crippen molar-refractivity contribution in [2.45, 2.75) is 18.7 Å². The van der Waals surface area contributed by atoms with Gasteiger partial charge in [-0.2, -0.15) is 4.31 Å². The van der Waals surface area contributed by atoms with E-state index in [2.05, 4.69) is 0 Å². The summed E-state index contributed by atoms with van der Waals surface area (Å²) in [7, 11) is -2.21. The van der Waals surface area contributed by atoms with Crippen LogP contribution in [0.25, 0.3) is 0 Å². The maximum absolute atomic E-state index is 12.1. The van der Waals surface area contributed by atoms with E-state index in [4.69, 9.17) is 10.8 Å². The molecule has 0 aliphatic rings. The average molecular weight is 258 g/mol. The molecular formula is C11H18N2O3S. The highest BCUT2D eigenvalue weighted by molar-refractivity contribution is 7.89. The Morgan fingerprint density at radius 1 is 1.29 bits per heavy atom. The zero-order valence-corrected chi connectivity index (χ0v) is 11.1. The number of sulfonamides is 1. The van der Waals surface area contributed by atoms with Crippen molar-refractivity contribution in [3.63, 3.8) is 0 Å². The van der Waals surface area contributed by atoms with Gasteiger partial charge in [0.15, 0.2) is 0 Å². The maximum Gasteiger partial charge on any atom is 0.244 e. The first kappa shape index (κ1) is 14.0. The summed E-state index contributed by atoms with van der Waals surface area (Å²) in [6.07, 6.45) is 0. The molecule has 17 heavy (non-hydrogen) atoms. The van der Waals surface area contributed by atoms with Crippen LogP contribution in [0.15, 0.2) is 17.0 Å². The van der Waals surface area contributed by atoms with Gasteiger partial charge in [0.1, 0.15) is 4.90 Å². The number of aliphatic hydroxyl groups is 1. The standard InChI is InChI=1S/C11H18N2O3S/c1-8-6-10(12)11(7-9(8)2)17(15,16)13(3)4-5-14/h6-7,14H,4-5,12H2,1-3H3. The van der Waals surface area contributed by atoms with E-state index >= 15 is 0 Å². The normalized spacial score (nSPS) is 12.1. The fourth-order valence-electron chi connectivity index (χ4n) is 1.46. The second kappa shape index (κ2) is 5.03. The molecule has 0 spiro atoms. The van der Waals surface area contributed by atoms with E-state index in [0.29, 0.717) is 0 Å². The predicted octanol–water partition coefficient (Wildman–Crippen LogP) is 0.498. The number of rotatable bonds is 4. The van der Waals surface area contributed by atoms with Crippen molar-refractivity contribution in [3.8, 4) is 0 Å². The minimum Gasteiger partial charge on any atom is -0.398 e. The molecule has 0 saturated heterocycles. The summed E-state index contributed by atoms with van der Waals surface area (Å²) < 4.78 is 25.4. The molecule has 0 heterocycles. The van der Waals surface area contributed by atoms with Crippen LogP contribution in [0.3, 0.4) is 0 Å². The molecule has 1 rings (SSSR count). The Balaban J connectivity index is 3.29. The molecule has 5 nitrogen and oxygen atoms in total. The molecule has 0 unspecified atom stereocenters. The Labute approximate surface area is 102 Å². The molecule has 1 aromatic carbocycles. The van der Waals surface area contributed by atoms with Crippen molar-refractivity contribution in [1.29, 1.82) is 0 Å². The Hall–Kier alpha value is -1.11. The largest absolute Gasteiger partial charge is 0.398 e. The van der Waals surface area contributed by atoms with Crippen molar-refractivity contribution < 1.29 is 13.5 Å². The Bertz CT molecular complexity index is 512. The number of nitrogens with zero attached hydrogens (tertiary/aromatic N) is 1. The number of hydrogen-bond donors (Lipinski definition) is 2. The van der Waals surface area contributed by atoms with Crippen LogP contribution >= 0.6 is 0 Å². The number of hydrogen-bond acceptors (Lipinski definition) is 4. The van der Waals surface area contributed by atoms with Gasteiger partial charge in [0.05, 0.1) is 12.3 Å². The van der Waals surface area contributed by atoms with E-state index in [1.165, 1.54) is 7.05 Å². The highest BCUT2D eigenvalue weighted by Gasteiger charge is 2.23.